The molecule has 4 atom stereocenters. The minimum Gasteiger partial charge on any atom is -0.352 e. The number of fused-ring (bicyclic) bond motifs is 1. The van der Waals surface area contributed by atoms with Gasteiger partial charge in [-0.1, -0.05) is 20.3 Å². The van der Waals surface area contributed by atoms with Crippen molar-refractivity contribution in [1.29, 1.82) is 0 Å². The first kappa shape index (κ1) is 11.9. The summed E-state index contributed by atoms with van der Waals surface area (Å²) >= 11 is 0. The summed E-state index contributed by atoms with van der Waals surface area (Å²) in [5.74, 6) is 2.07. The molecule has 92 valence electrons. The monoisotopic (exact) mass is 224 g/mol. The lowest BCUT2D eigenvalue weighted by atomic mass is 9.93. The molecule has 1 aliphatic carbocycles. The van der Waals surface area contributed by atoms with Crippen LogP contribution in [0, 0.1) is 17.8 Å². The fraction of sp³-hybridized carbons (Fsp3) is 0.923. The van der Waals surface area contributed by atoms with Crippen LogP contribution in [-0.4, -0.2) is 24.5 Å². The molecule has 3 heteroatoms. The molecule has 4 unspecified atom stereocenters. The lowest BCUT2D eigenvalue weighted by molar-refractivity contribution is -0.124. The standard InChI is InChI=1S/C13H24N2O/c1-8(2)9(3)15-13(16)12-11-6-4-5-10(11)7-14-12/h8-12,14H,4-7H2,1-3H3,(H,15,16). The van der Waals surface area contributed by atoms with E-state index in [2.05, 4.69) is 31.4 Å². The van der Waals surface area contributed by atoms with Gasteiger partial charge >= 0.3 is 0 Å². The van der Waals surface area contributed by atoms with Gasteiger partial charge in [0.25, 0.3) is 0 Å². The fourth-order valence-electron chi connectivity index (χ4n) is 2.96. The van der Waals surface area contributed by atoms with Crippen LogP contribution in [0.1, 0.15) is 40.0 Å². The van der Waals surface area contributed by atoms with Crippen LogP contribution in [0.4, 0.5) is 0 Å². The van der Waals surface area contributed by atoms with Gasteiger partial charge in [-0.05, 0) is 44.1 Å². The predicted octanol–water partition coefficient (Wildman–Crippen LogP) is 1.54. The van der Waals surface area contributed by atoms with Gasteiger partial charge in [-0.3, -0.25) is 4.79 Å². The normalized spacial score (nSPS) is 35.1. The Morgan fingerprint density at radius 2 is 2.06 bits per heavy atom. The maximum absolute atomic E-state index is 12.1. The summed E-state index contributed by atoms with van der Waals surface area (Å²) in [6.07, 6.45) is 3.84. The Bertz CT molecular complexity index is 265. The predicted molar refractivity (Wildman–Crippen MR) is 65.1 cm³/mol. The molecular weight excluding hydrogens is 200 g/mol. The Kier molecular flexibility index (Phi) is 3.53. The zero-order valence-electron chi connectivity index (χ0n) is 10.6. The van der Waals surface area contributed by atoms with Crippen LogP contribution >= 0.6 is 0 Å². The Hall–Kier alpha value is -0.570. The van der Waals surface area contributed by atoms with Crippen molar-refractivity contribution in [3.63, 3.8) is 0 Å². The molecule has 0 aromatic rings. The second kappa shape index (κ2) is 4.74. The number of amides is 1. The summed E-state index contributed by atoms with van der Waals surface area (Å²) in [6.45, 7) is 7.42. The molecule has 0 aromatic carbocycles. The highest BCUT2D eigenvalue weighted by atomic mass is 16.2. The highest BCUT2D eigenvalue weighted by Gasteiger charge is 2.42. The minimum absolute atomic E-state index is 0.0775. The third-order valence-corrected chi connectivity index (χ3v) is 4.40. The summed E-state index contributed by atoms with van der Waals surface area (Å²) < 4.78 is 0. The molecule has 0 aromatic heterocycles. The maximum Gasteiger partial charge on any atom is 0.237 e. The van der Waals surface area contributed by atoms with Crippen LogP contribution in [-0.2, 0) is 4.79 Å². The summed E-state index contributed by atoms with van der Waals surface area (Å²) in [4.78, 5) is 12.1. The number of carbonyl (C=O) groups is 1. The molecule has 1 heterocycles. The van der Waals surface area contributed by atoms with Crippen molar-refractivity contribution in [3.8, 4) is 0 Å². The van der Waals surface area contributed by atoms with Gasteiger partial charge < -0.3 is 10.6 Å². The smallest absolute Gasteiger partial charge is 0.237 e. The largest absolute Gasteiger partial charge is 0.352 e. The Labute approximate surface area is 98.4 Å². The fourth-order valence-corrected chi connectivity index (χ4v) is 2.96. The van der Waals surface area contributed by atoms with Crippen LogP contribution in [0.3, 0.4) is 0 Å². The highest BCUT2D eigenvalue weighted by Crippen LogP contribution is 2.37. The van der Waals surface area contributed by atoms with Crippen LogP contribution in [0.25, 0.3) is 0 Å². The van der Waals surface area contributed by atoms with Gasteiger partial charge in [0.1, 0.15) is 0 Å². The molecule has 2 N–H and O–H groups in total. The van der Waals surface area contributed by atoms with Crippen LogP contribution < -0.4 is 10.6 Å². The van der Waals surface area contributed by atoms with Crippen molar-refractivity contribution in [1.82, 2.24) is 10.6 Å². The van der Waals surface area contributed by atoms with Gasteiger partial charge in [-0.15, -0.1) is 0 Å². The first-order valence-electron chi connectivity index (χ1n) is 6.63. The van der Waals surface area contributed by atoms with E-state index in [4.69, 9.17) is 0 Å². The number of carbonyl (C=O) groups excluding carboxylic acids is 1. The molecule has 0 radical (unpaired) electrons. The molecule has 1 saturated carbocycles. The SMILES string of the molecule is CC(C)C(C)NC(=O)C1NCC2CCCC21. The number of nitrogens with one attached hydrogen (secondary N) is 2. The third kappa shape index (κ3) is 2.24. The van der Waals surface area contributed by atoms with Crippen LogP contribution in [0.15, 0.2) is 0 Å². The molecule has 1 saturated heterocycles. The zero-order valence-corrected chi connectivity index (χ0v) is 10.6. The lowest BCUT2D eigenvalue weighted by Gasteiger charge is -2.23. The van der Waals surface area contributed by atoms with Gasteiger partial charge in [0, 0.05) is 6.04 Å². The van der Waals surface area contributed by atoms with E-state index >= 15 is 0 Å². The number of hydrogen-bond acceptors (Lipinski definition) is 2. The summed E-state index contributed by atoms with van der Waals surface area (Å²) in [6, 6.07) is 0.350. The van der Waals surface area contributed by atoms with Crippen LogP contribution in [0.2, 0.25) is 0 Å². The summed E-state index contributed by atoms with van der Waals surface area (Å²) in [7, 11) is 0. The average Bonchev–Trinajstić information content (AvgIpc) is 2.77. The average molecular weight is 224 g/mol. The van der Waals surface area contributed by atoms with Crippen molar-refractivity contribution in [2.45, 2.75) is 52.1 Å². The van der Waals surface area contributed by atoms with E-state index in [0.717, 1.165) is 12.5 Å². The van der Waals surface area contributed by atoms with E-state index in [1.165, 1.54) is 19.3 Å². The molecule has 0 bridgehead atoms. The molecule has 2 aliphatic rings. The van der Waals surface area contributed by atoms with Crippen LogP contribution in [0.5, 0.6) is 0 Å². The van der Waals surface area contributed by atoms with E-state index in [-0.39, 0.29) is 18.0 Å². The van der Waals surface area contributed by atoms with Gasteiger partial charge in [0.2, 0.25) is 5.91 Å². The van der Waals surface area contributed by atoms with E-state index in [0.29, 0.717) is 11.8 Å². The zero-order chi connectivity index (χ0) is 11.7. The van der Waals surface area contributed by atoms with E-state index in [1.807, 2.05) is 0 Å². The van der Waals surface area contributed by atoms with Crippen molar-refractivity contribution >= 4 is 5.91 Å². The quantitative estimate of drug-likeness (QED) is 0.763. The molecule has 2 rings (SSSR count). The first-order chi connectivity index (χ1) is 7.59. The van der Waals surface area contributed by atoms with Gasteiger partial charge in [0.05, 0.1) is 6.04 Å². The molecular formula is C13H24N2O. The molecule has 0 spiro atoms. The molecule has 1 aliphatic heterocycles. The van der Waals surface area contributed by atoms with Crippen molar-refractivity contribution in [2.24, 2.45) is 17.8 Å². The lowest BCUT2D eigenvalue weighted by Crippen LogP contribution is -2.48. The highest BCUT2D eigenvalue weighted by molar-refractivity contribution is 5.82. The van der Waals surface area contributed by atoms with Gasteiger partial charge in [0.15, 0.2) is 0 Å². The van der Waals surface area contributed by atoms with E-state index < -0.39 is 0 Å². The molecule has 1 amide bonds. The topological polar surface area (TPSA) is 41.1 Å². The third-order valence-electron chi connectivity index (χ3n) is 4.40. The Morgan fingerprint density at radius 1 is 1.31 bits per heavy atom. The second-order valence-corrected chi connectivity index (χ2v) is 5.78. The first-order valence-corrected chi connectivity index (χ1v) is 6.63. The Balaban J connectivity index is 1.90. The van der Waals surface area contributed by atoms with E-state index in [1.54, 1.807) is 0 Å². The minimum atomic E-state index is 0.0775. The van der Waals surface area contributed by atoms with E-state index in [9.17, 15) is 4.79 Å². The maximum atomic E-state index is 12.1. The van der Waals surface area contributed by atoms with Crippen molar-refractivity contribution in [3.05, 3.63) is 0 Å². The summed E-state index contributed by atoms with van der Waals surface area (Å²) in [5, 5.41) is 6.52. The second-order valence-electron chi connectivity index (χ2n) is 5.78. The molecule has 2 fully saturated rings. The summed E-state index contributed by atoms with van der Waals surface area (Å²) in [5.41, 5.74) is 0. The number of rotatable bonds is 3. The molecule has 16 heavy (non-hydrogen) atoms. The molecule has 3 nitrogen and oxygen atoms in total. The number of hydrogen-bond donors (Lipinski definition) is 2. The van der Waals surface area contributed by atoms with Crippen molar-refractivity contribution < 1.29 is 4.79 Å². The van der Waals surface area contributed by atoms with Gasteiger partial charge in [-0.2, -0.15) is 0 Å². The Morgan fingerprint density at radius 3 is 2.75 bits per heavy atom. The van der Waals surface area contributed by atoms with Crippen molar-refractivity contribution in [2.75, 3.05) is 6.54 Å². The van der Waals surface area contributed by atoms with Gasteiger partial charge in [-0.25, -0.2) is 0 Å².